The predicted molar refractivity (Wildman–Crippen MR) is 74.7 cm³/mol. The van der Waals surface area contributed by atoms with Gasteiger partial charge in [-0.05, 0) is 35.7 Å². The van der Waals surface area contributed by atoms with Gasteiger partial charge in [0.15, 0.2) is 0 Å². The van der Waals surface area contributed by atoms with E-state index in [2.05, 4.69) is 15.5 Å². The number of thiophene rings is 1. The normalized spacial score (nSPS) is 10.4. The molecular weight excluding hydrogens is 278 g/mol. The van der Waals surface area contributed by atoms with Crippen LogP contribution in [0.2, 0.25) is 0 Å². The summed E-state index contributed by atoms with van der Waals surface area (Å²) in [4.78, 5) is 15.7. The van der Waals surface area contributed by atoms with Gasteiger partial charge in [0, 0.05) is 11.3 Å². The van der Waals surface area contributed by atoms with Gasteiger partial charge in [0.05, 0.1) is 4.88 Å². The molecule has 0 fully saturated rings. The van der Waals surface area contributed by atoms with Gasteiger partial charge in [-0.15, -0.1) is 11.3 Å². The van der Waals surface area contributed by atoms with E-state index in [1.165, 1.54) is 11.3 Å². The quantitative estimate of drug-likeness (QED) is 0.769. The Bertz CT molecular complexity index is 720. The van der Waals surface area contributed by atoms with E-state index in [1.807, 2.05) is 17.5 Å². The summed E-state index contributed by atoms with van der Waals surface area (Å²) in [5, 5.41) is 16.7. The smallest absolute Gasteiger partial charge is 0.409 e. The Kier molecular flexibility index (Phi) is 3.18. The molecule has 0 aliphatic rings. The van der Waals surface area contributed by atoms with Crippen LogP contribution in [0.1, 0.15) is 0 Å². The van der Waals surface area contributed by atoms with Crippen LogP contribution < -0.4 is 5.32 Å². The maximum absolute atomic E-state index is 10.5. The largest absolute Gasteiger partial charge is 0.465 e. The van der Waals surface area contributed by atoms with Crippen LogP contribution in [0.4, 0.5) is 10.5 Å². The lowest BCUT2D eigenvalue weighted by Crippen LogP contribution is -2.06. The highest BCUT2D eigenvalue weighted by molar-refractivity contribution is 7.13. The fourth-order valence-electron chi connectivity index (χ4n) is 1.67. The number of rotatable bonds is 3. The van der Waals surface area contributed by atoms with Gasteiger partial charge in [-0.3, -0.25) is 5.32 Å². The molecule has 1 aromatic carbocycles. The molecule has 0 unspecified atom stereocenters. The van der Waals surface area contributed by atoms with Crippen molar-refractivity contribution < 1.29 is 14.4 Å². The van der Waals surface area contributed by atoms with E-state index in [-0.39, 0.29) is 0 Å². The molecule has 0 bridgehead atoms. The van der Waals surface area contributed by atoms with Crippen LogP contribution in [-0.4, -0.2) is 21.3 Å². The Morgan fingerprint density at radius 2 is 2.05 bits per heavy atom. The van der Waals surface area contributed by atoms with Crippen LogP contribution in [0.5, 0.6) is 0 Å². The molecule has 6 nitrogen and oxygen atoms in total. The minimum Gasteiger partial charge on any atom is -0.465 e. The van der Waals surface area contributed by atoms with E-state index in [4.69, 9.17) is 9.63 Å². The lowest BCUT2D eigenvalue weighted by Gasteiger charge is -2.00. The van der Waals surface area contributed by atoms with Crippen LogP contribution in [0, 0.1) is 0 Å². The Labute approximate surface area is 117 Å². The highest BCUT2D eigenvalue weighted by Crippen LogP contribution is 2.26. The van der Waals surface area contributed by atoms with Crippen molar-refractivity contribution in [3.05, 3.63) is 41.8 Å². The number of nitrogens with zero attached hydrogens (tertiary/aromatic N) is 2. The summed E-state index contributed by atoms with van der Waals surface area (Å²) < 4.78 is 5.20. The molecule has 0 aliphatic heterocycles. The third kappa shape index (κ3) is 2.52. The summed E-state index contributed by atoms with van der Waals surface area (Å²) in [5.74, 6) is 0.943. The van der Waals surface area contributed by atoms with Crippen molar-refractivity contribution in [2.45, 2.75) is 0 Å². The van der Waals surface area contributed by atoms with Crippen molar-refractivity contribution in [3.8, 4) is 22.2 Å². The number of anilines is 1. The molecule has 2 N–H and O–H groups in total. The lowest BCUT2D eigenvalue weighted by atomic mass is 10.2. The number of aromatic nitrogens is 2. The molecule has 0 radical (unpaired) electrons. The van der Waals surface area contributed by atoms with Crippen LogP contribution in [0.15, 0.2) is 46.3 Å². The maximum Gasteiger partial charge on any atom is 0.409 e. The van der Waals surface area contributed by atoms with Gasteiger partial charge in [0.2, 0.25) is 5.82 Å². The Hall–Kier alpha value is -2.67. The predicted octanol–water partition coefficient (Wildman–Crippen LogP) is 3.56. The third-order valence-corrected chi connectivity index (χ3v) is 3.41. The van der Waals surface area contributed by atoms with E-state index in [0.717, 1.165) is 10.4 Å². The summed E-state index contributed by atoms with van der Waals surface area (Å²) in [5.41, 5.74) is 1.25. The SMILES string of the molecule is O=C(O)Nc1ccc(-c2noc(-c3cccs3)n2)cc1. The molecular formula is C13H9N3O3S. The van der Waals surface area contributed by atoms with Gasteiger partial charge < -0.3 is 9.63 Å². The topological polar surface area (TPSA) is 88.2 Å². The van der Waals surface area contributed by atoms with Crippen molar-refractivity contribution >= 4 is 23.1 Å². The molecule has 0 atom stereocenters. The van der Waals surface area contributed by atoms with E-state index < -0.39 is 6.09 Å². The van der Waals surface area contributed by atoms with E-state index >= 15 is 0 Å². The summed E-state index contributed by atoms with van der Waals surface area (Å²) in [6.07, 6.45) is -1.10. The first-order chi connectivity index (χ1) is 9.72. The molecule has 0 saturated carbocycles. The number of nitrogens with one attached hydrogen (secondary N) is 1. The Morgan fingerprint density at radius 1 is 1.25 bits per heavy atom. The first-order valence-electron chi connectivity index (χ1n) is 5.70. The van der Waals surface area contributed by atoms with Crippen LogP contribution >= 0.6 is 11.3 Å². The van der Waals surface area contributed by atoms with E-state index in [1.54, 1.807) is 24.3 Å². The highest BCUT2D eigenvalue weighted by atomic mass is 32.1. The molecule has 1 amide bonds. The van der Waals surface area contributed by atoms with Crippen LogP contribution in [-0.2, 0) is 0 Å². The number of hydrogen-bond donors (Lipinski definition) is 2. The molecule has 0 aliphatic carbocycles. The van der Waals surface area contributed by atoms with Gasteiger partial charge in [-0.1, -0.05) is 11.2 Å². The second kappa shape index (κ2) is 5.14. The number of hydrogen-bond acceptors (Lipinski definition) is 5. The second-order valence-corrected chi connectivity index (χ2v) is 4.86. The number of carbonyl (C=O) groups is 1. The Balaban J connectivity index is 1.84. The van der Waals surface area contributed by atoms with E-state index in [9.17, 15) is 4.79 Å². The first kappa shape index (κ1) is 12.4. The maximum atomic E-state index is 10.5. The minimum absolute atomic E-state index is 0.468. The number of benzene rings is 1. The Morgan fingerprint density at radius 3 is 2.70 bits per heavy atom. The monoisotopic (exact) mass is 287 g/mol. The average Bonchev–Trinajstić information content (AvgIpc) is 3.10. The van der Waals surface area contributed by atoms with Crippen molar-refractivity contribution in [3.63, 3.8) is 0 Å². The molecule has 20 heavy (non-hydrogen) atoms. The van der Waals surface area contributed by atoms with Crippen LogP contribution in [0.3, 0.4) is 0 Å². The third-order valence-electron chi connectivity index (χ3n) is 2.55. The molecule has 3 aromatic rings. The van der Waals surface area contributed by atoms with Crippen molar-refractivity contribution in [1.29, 1.82) is 0 Å². The number of carboxylic acid groups (broad SMARTS) is 1. The first-order valence-corrected chi connectivity index (χ1v) is 6.58. The average molecular weight is 287 g/mol. The zero-order chi connectivity index (χ0) is 13.9. The van der Waals surface area contributed by atoms with Crippen molar-refractivity contribution in [2.24, 2.45) is 0 Å². The van der Waals surface area contributed by atoms with Crippen molar-refractivity contribution in [2.75, 3.05) is 5.32 Å². The minimum atomic E-state index is -1.10. The lowest BCUT2D eigenvalue weighted by molar-refractivity contribution is 0.210. The summed E-state index contributed by atoms with van der Waals surface area (Å²) in [6, 6.07) is 10.6. The fraction of sp³-hybridized carbons (Fsp3) is 0. The van der Waals surface area contributed by atoms with Gasteiger partial charge >= 0.3 is 6.09 Å². The summed E-state index contributed by atoms with van der Waals surface area (Å²) in [7, 11) is 0. The van der Waals surface area contributed by atoms with Gasteiger partial charge in [-0.25, -0.2) is 4.79 Å². The molecule has 2 heterocycles. The zero-order valence-corrected chi connectivity index (χ0v) is 10.9. The van der Waals surface area contributed by atoms with Gasteiger partial charge in [0.1, 0.15) is 0 Å². The summed E-state index contributed by atoms with van der Waals surface area (Å²) >= 11 is 1.52. The van der Waals surface area contributed by atoms with Crippen LogP contribution in [0.25, 0.3) is 22.2 Å². The number of amides is 1. The van der Waals surface area contributed by atoms with Gasteiger partial charge in [-0.2, -0.15) is 4.98 Å². The second-order valence-electron chi connectivity index (χ2n) is 3.91. The fourth-order valence-corrected chi connectivity index (χ4v) is 2.31. The molecule has 0 spiro atoms. The van der Waals surface area contributed by atoms with Gasteiger partial charge in [0.25, 0.3) is 5.89 Å². The molecule has 3 rings (SSSR count). The highest BCUT2D eigenvalue weighted by Gasteiger charge is 2.11. The van der Waals surface area contributed by atoms with E-state index in [0.29, 0.717) is 17.4 Å². The van der Waals surface area contributed by atoms with Crippen molar-refractivity contribution in [1.82, 2.24) is 10.1 Å². The summed E-state index contributed by atoms with van der Waals surface area (Å²) in [6.45, 7) is 0. The molecule has 2 aromatic heterocycles. The molecule has 0 saturated heterocycles. The standard InChI is InChI=1S/C13H9N3O3S/c17-13(18)14-9-5-3-8(4-6-9)11-15-12(19-16-11)10-2-1-7-20-10/h1-7,14H,(H,17,18). The molecule has 100 valence electrons. The zero-order valence-electron chi connectivity index (χ0n) is 10.1. The molecule has 7 heteroatoms.